The van der Waals surface area contributed by atoms with Gasteiger partial charge in [-0.15, -0.1) is 0 Å². The fourth-order valence-corrected chi connectivity index (χ4v) is 9.01. The van der Waals surface area contributed by atoms with E-state index in [9.17, 15) is 4.57 Å². The van der Waals surface area contributed by atoms with Gasteiger partial charge in [0.1, 0.15) is 12.9 Å². The number of fused-ring (bicyclic) bond motifs is 1. The summed E-state index contributed by atoms with van der Waals surface area (Å²) in [7, 11) is -2.68. The van der Waals surface area contributed by atoms with Gasteiger partial charge in [-0.25, -0.2) is 0 Å². The zero-order valence-corrected chi connectivity index (χ0v) is 20.6. The highest BCUT2D eigenvalue weighted by Crippen LogP contribution is 2.59. The van der Waals surface area contributed by atoms with Crippen LogP contribution in [-0.4, -0.2) is 11.3 Å². The minimum atomic E-state index is -2.68. The fourth-order valence-electron chi connectivity index (χ4n) is 5.56. The molecule has 0 spiro atoms. The van der Waals surface area contributed by atoms with Crippen LogP contribution >= 0.6 is 7.14 Å². The van der Waals surface area contributed by atoms with Crippen LogP contribution in [0, 0.1) is 5.92 Å². The van der Waals surface area contributed by atoms with Crippen molar-refractivity contribution < 1.29 is 9.30 Å². The predicted molar refractivity (Wildman–Crippen MR) is 144 cm³/mol. The molecule has 4 heteroatoms. The second-order valence-electron chi connectivity index (χ2n) is 9.57. The second-order valence-corrected chi connectivity index (χ2v) is 12.8. The molecule has 5 atom stereocenters. The molecule has 5 unspecified atom stereocenters. The molecule has 2 aromatic rings. The Morgan fingerprint density at radius 1 is 0.829 bits per heavy atom. The molecule has 2 aromatic carbocycles. The molecule has 0 aromatic heterocycles. The maximum Gasteiger partial charge on any atom is 0.196 e. The lowest BCUT2D eigenvalue weighted by atomic mass is 9.87. The first-order chi connectivity index (χ1) is 17.2. The normalized spacial score (nSPS) is 28.6. The Balaban J connectivity index is 1.21. The molecule has 0 radical (unpaired) electrons. The first-order valence-corrected chi connectivity index (χ1v) is 14.3. The molecule has 1 saturated heterocycles. The summed E-state index contributed by atoms with van der Waals surface area (Å²) in [6, 6.07) is 20.4. The number of hydrogen-bond donors (Lipinski definition) is 1. The number of ether oxygens (including phenoxy) is 1. The first kappa shape index (κ1) is 22.2. The minimum absolute atomic E-state index is 0.0209. The molecular weight excluding hydrogens is 449 g/mol. The summed E-state index contributed by atoms with van der Waals surface area (Å²) in [6.07, 6.45) is 22.1. The van der Waals surface area contributed by atoms with Crippen molar-refractivity contribution in [2.45, 2.75) is 36.8 Å². The summed E-state index contributed by atoms with van der Waals surface area (Å²) in [5.41, 5.74) is 3.57. The van der Waals surface area contributed by atoms with Crippen molar-refractivity contribution in [1.29, 1.82) is 0 Å². The van der Waals surface area contributed by atoms with Gasteiger partial charge in [0, 0.05) is 28.1 Å². The number of hydrogen-bond acceptors (Lipinski definition) is 3. The van der Waals surface area contributed by atoms with Crippen molar-refractivity contribution >= 4 is 12.4 Å². The van der Waals surface area contributed by atoms with Crippen LogP contribution in [0.1, 0.15) is 31.1 Å². The fraction of sp³-hybridized carbons (Fsp3) is 0.226. The van der Waals surface area contributed by atoms with Gasteiger partial charge < -0.3 is 14.6 Å². The lowest BCUT2D eigenvalue weighted by Crippen LogP contribution is -2.26. The molecule has 1 fully saturated rings. The van der Waals surface area contributed by atoms with E-state index in [1.807, 2.05) is 48.5 Å². The van der Waals surface area contributed by atoms with Crippen LogP contribution in [0.5, 0.6) is 0 Å². The van der Waals surface area contributed by atoms with Gasteiger partial charge in [-0.1, -0.05) is 103 Å². The SMILES string of the molecule is O=P(c1ccccc1)(C1C=CC=CC1)C1C=CC(C2C=C3NC(c4ccccc4)OC3=CC2)=CC1. The van der Waals surface area contributed by atoms with Crippen molar-refractivity contribution in [2.24, 2.45) is 5.92 Å². The van der Waals surface area contributed by atoms with Crippen LogP contribution in [0.2, 0.25) is 0 Å². The third-order valence-electron chi connectivity index (χ3n) is 7.46. The summed E-state index contributed by atoms with van der Waals surface area (Å²) in [6.45, 7) is 0. The highest BCUT2D eigenvalue weighted by molar-refractivity contribution is 7.73. The molecule has 176 valence electrons. The summed E-state index contributed by atoms with van der Waals surface area (Å²) >= 11 is 0. The number of benzene rings is 2. The number of allylic oxidation sites excluding steroid dienone is 10. The van der Waals surface area contributed by atoms with E-state index in [0.29, 0.717) is 5.92 Å². The lowest BCUT2D eigenvalue weighted by molar-refractivity contribution is 0.147. The number of rotatable bonds is 5. The van der Waals surface area contributed by atoms with Gasteiger partial charge in [0.05, 0.1) is 5.70 Å². The Morgan fingerprint density at radius 2 is 1.60 bits per heavy atom. The van der Waals surface area contributed by atoms with Gasteiger partial charge in [0.15, 0.2) is 6.23 Å². The van der Waals surface area contributed by atoms with Crippen LogP contribution < -0.4 is 10.6 Å². The smallest absolute Gasteiger partial charge is 0.196 e. The molecule has 3 aliphatic carbocycles. The van der Waals surface area contributed by atoms with Crippen molar-refractivity contribution in [2.75, 3.05) is 0 Å². The van der Waals surface area contributed by atoms with Gasteiger partial charge in [0.25, 0.3) is 0 Å². The lowest BCUT2D eigenvalue weighted by Gasteiger charge is -2.33. The van der Waals surface area contributed by atoms with E-state index in [1.54, 1.807) is 0 Å². The Morgan fingerprint density at radius 3 is 2.31 bits per heavy atom. The van der Waals surface area contributed by atoms with Crippen molar-refractivity contribution in [3.8, 4) is 0 Å². The predicted octanol–water partition coefficient (Wildman–Crippen LogP) is 6.92. The van der Waals surface area contributed by atoms with E-state index in [1.165, 1.54) is 5.57 Å². The molecule has 3 nitrogen and oxygen atoms in total. The quantitative estimate of drug-likeness (QED) is 0.473. The van der Waals surface area contributed by atoms with Crippen molar-refractivity contribution in [3.05, 3.63) is 138 Å². The Hall–Kier alpha value is -3.29. The maximum atomic E-state index is 14.7. The first-order valence-electron chi connectivity index (χ1n) is 12.5. The van der Waals surface area contributed by atoms with E-state index in [-0.39, 0.29) is 17.5 Å². The molecule has 4 aliphatic rings. The zero-order valence-electron chi connectivity index (χ0n) is 19.7. The summed E-state index contributed by atoms with van der Waals surface area (Å²) in [5, 5.41) is 4.53. The molecule has 0 amide bonds. The van der Waals surface area contributed by atoms with Crippen LogP contribution in [0.3, 0.4) is 0 Å². The topological polar surface area (TPSA) is 38.3 Å². The molecule has 1 heterocycles. The molecular formula is C31H30NO2P. The Labute approximate surface area is 207 Å². The van der Waals surface area contributed by atoms with E-state index in [0.717, 1.165) is 41.6 Å². The summed E-state index contributed by atoms with van der Waals surface area (Å²) in [5.74, 6) is 1.24. The van der Waals surface area contributed by atoms with Crippen molar-refractivity contribution in [3.63, 3.8) is 0 Å². The van der Waals surface area contributed by atoms with Crippen LogP contribution in [0.4, 0.5) is 0 Å². The van der Waals surface area contributed by atoms with Gasteiger partial charge in [-0.05, 0) is 37.0 Å². The van der Waals surface area contributed by atoms with Gasteiger partial charge in [-0.3, -0.25) is 0 Å². The second kappa shape index (κ2) is 9.40. The van der Waals surface area contributed by atoms with Crippen LogP contribution in [-0.2, 0) is 9.30 Å². The largest absolute Gasteiger partial charge is 0.465 e. The summed E-state index contributed by atoms with van der Waals surface area (Å²) in [4.78, 5) is 0. The summed E-state index contributed by atoms with van der Waals surface area (Å²) < 4.78 is 20.9. The van der Waals surface area contributed by atoms with Gasteiger partial charge in [-0.2, -0.15) is 0 Å². The standard InChI is InChI=1S/C31H30NO2P/c33-35(26-12-6-2-7-13-26,27-14-8-3-9-15-27)28-19-16-23(17-20-28)25-18-21-30-29(22-25)32-31(34-30)24-10-4-1-5-11-24/h1-14,16-17,19,21-22,25,27-28,31-32H,15,18,20H2. The minimum Gasteiger partial charge on any atom is -0.465 e. The highest BCUT2D eigenvalue weighted by Gasteiger charge is 2.40. The zero-order chi connectivity index (χ0) is 23.7. The number of nitrogens with one attached hydrogen (secondary N) is 1. The monoisotopic (exact) mass is 479 g/mol. The third-order valence-corrected chi connectivity index (χ3v) is 11.3. The molecule has 35 heavy (non-hydrogen) atoms. The average Bonchev–Trinajstić information content (AvgIpc) is 3.38. The van der Waals surface area contributed by atoms with E-state index in [4.69, 9.17) is 4.74 Å². The molecule has 1 N–H and O–H groups in total. The highest BCUT2D eigenvalue weighted by atomic mass is 31.2. The van der Waals surface area contributed by atoms with Crippen LogP contribution in [0.25, 0.3) is 0 Å². The van der Waals surface area contributed by atoms with Gasteiger partial charge in [0.2, 0.25) is 0 Å². The van der Waals surface area contributed by atoms with Crippen LogP contribution in [0.15, 0.2) is 132 Å². The third kappa shape index (κ3) is 4.19. The Bertz CT molecular complexity index is 1320. The van der Waals surface area contributed by atoms with Crippen molar-refractivity contribution in [1.82, 2.24) is 5.32 Å². The Kier molecular flexibility index (Phi) is 5.96. The molecule has 6 rings (SSSR count). The molecule has 1 aliphatic heterocycles. The average molecular weight is 480 g/mol. The molecule has 0 saturated carbocycles. The van der Waals surface area contributed by atoms with E-state index >= 15 is 0 Å². The van der Waals surface area contributed by atoms with E-state index in [2.05, 4.69) is 72.1 Å². The van der Waals surface area contributed by atoms with Gasteiger partial charge >= 0.3 is 0 Å². The maximum absolute atomic E-state index is 14.7. The molecule has 0 bridgehead atoms. The van der Waals surface area contributed by atoms with E-state index < -0.39 is 7.14 Å².